The van der Waals surface area contributed by atoms with Gasteiger partial charge in [-0.25, -0.2) is 14.8 Å². The Morgan fingerprint density at radius 3 is 1.85 bits per heavy atom. The van der Waals surface area contributed by atoms with Crippen molar-refractivity contribution in [3.63, 3.8) is 0 Å². The summed E-state index contributed by atoms with van der Waals surface area (Å²) in [5.41, 5.74) is 3.98. The fourth-order valence-electron chi connectivity index (χ4n) is 4.56. The van der Waals surface area contributed by atoms with Gasteiger partial charge in [-0.3, -0.25) is 0 Å². The number of hydrogen-bond donors (Lipinski definition) is 0. The van der Waals surface area contributed by atoms with E-state index in [4.69, 9.17) is 4.74 Å². The van der Waals surface area contributed by atoms with Crippen LogP contribution in [0.2, 0.25) is 0 Å². The monoisotopic (exact) mass is 532 g/mol. The van der Waals surface area contributed by atoms with E-state index in [-0.39, 0.29) is 5.97 Å². The number of benzene rings is 1. The second-order valence-electron chi connectivity index (χ2n) is 10.9. The molecule has 0 aliphatic heterocycles. The van der Waals surface area contributed by atoms with Gasteiger partial charge < -0.3 is 4.74 Å². The maximum Gasteiger partial charge on any atom is 0.339 e. The highest BCUT2D eigenvalue weighted by atomic mass is 16.5. The fraction of sp³-hybridized carbons (Fsp3) is 0.571. The summed E-state index contributed by atoms with van der Waals surface area (Å²) < 4.78 is 5.56. The number of aromatic nitrogens is 2. The van der Waals surface area contributed by atoms with E-state index >= 15 is 0 Å². The Hall–Kier alpha value is -2.75. The van der Waals surface area contributed by atoms with E-state index in [1.54, 1.807) is 19.1 Å². The van der Waals surface area contributed by atoms with E-state index in [0.29, 0.717) is 17.1 Å². The minimum absolute atomic E-state index is 0.328. The minimum Gasteiger partial charge on any atom is -0.423 e. The topological polar surface area (TPSA) is 52.1 Å². The summed E-state index contributed by atoms with van der Waals surface area (Å²) in [5, 5.41) is 0. The van der Waals surface area contributed by atoms with Crippen LogP contribution in [0.25, 0.3) is 11.4 Å². The van der Waals surface area contributed by atoms with E-state index in [1.807, 2.05) is 36.7 Å². The highest BCUT2D eigenvalue weighted by Gasteiger charge is 2.08. The second-order valence-corrected chi connectivity index (χ2v) is 10.9. The van der Waals surface area contributed by atoms with E-state index in [1.165, 1.54) is 101 Å². The number of carbonyl (C=O) groups is 1. The Morgan fingerprint density at radius 1 is 0.718 bits per heavy atom. The molecule has 2 aromatic rings. The predicted octanol–water partition coefficient (Wildman–Crippen LogP) is 10.4. The first-order valence-corrected chi connectivity index (χ1v) is 15.5. The Bertz CT molecular complexity index is 990. The molecule has 39 heavy (non-hydrogen) atoms. The molecule has 0 unspecified atom stereocenters. The number of ether oxygens (including phenoxy) is 1. The van der Waals surface area contributed by atoms with Crippen molar-refractivity contribution in [2.45, 2.75) is 130 Å². The van der Waals surface area contributed by atoms with Crippen LogP contribution in [0.1, 0.15) is 130 Å². The zero-order valence-corrected chi connectivity index (χ0v) is 25.1. The summed E-state index contributed by atoms with van der Waals surface area (Å²) >= 11 is 0. The van der Waals surface area contributed by atoms with Gasteiger partial charge >= 0.3 is 5.97 Å². The van der Waals surface area contributed by atoms with Crippen LogP contribution in [0.3, 0.4) is 0 Å². The first kappa shape index (κ1) is 32.5. The van der Waals surface area contributed by atoms with Crippen molar-refractivity contribution in [3.05, 3.63) is 65.5 Å². The van der Waals surface area contributed by atoms with E-state index in [0.717, 1.165) is 18.4 Å². The lowest BCUT2D eigenvalue weighted by Gasteiger charge is -2.06. The average Bonchev–Trinajstić information content (AvgIpc) is 2.95. The lowest BCUT2D eigenvalue weighted by Crippen LogP contribution is -2.09. The van der Waals surface area contributed by atoms with Gasteiger partial charge in [0.05, 0.1) is 0 Å². The maximum absolute atomic E-state index is 12.5. The van der Waals surface area contributed by atoms with Gasteiger partial charge in [0.2, 0.25) is 0 Å². The van der Waals surface area contributed by atoms with Crippen molar-refractivity contribution < 1.29 is 9.53 Å². The summed E-state index contributed by atoms with van der Waals surface area (Å²) in [6, 6.07) is 7.41. The van der Waals surface area contributed by atoms with Gasteiger partial charge in [-0.05, 0) is 69.4 Å². The molecule has 4 nitrogen and oxygen atoms in total. The number of carbonyl (C=O) groups excluding carboxylic acids is 1. The SMILES string of the molecule is CCCCCCCCCCCCc1cnc(-c2ccc(OC(=O)/C(C)=C/C=C(\C)CCCCCC)cc2)nc1. The van der Waals surface area contributed by atoms with Gasteiger partial charge in [-0.1, -0.05) is 109 Å². The number of hydrogen-bond acceptors (Lipinski definition) is 4. The minimum atomic E-state index is -0.328. The van der Waals surface area contributed by atoms with Gasteiger partial charge in [0.1, 0.15) is 5.75 Å². The molecule has 0 radical (unpaired) electrons. The third kappa shape index (κ3) is 14.3. The molecule has 0 amide bonds. The molecular formula is C35H52N2O2. The van der Waals surface area contributed by atoms with E-state index in [2.05, 4.69) is 30.7 Å². The van der Waals surface area contributed by atoms with Crippen LogP contribution in [0.15, 0.2) is 60.0 Å². The summed E-state index contributed by atoms with van der Waals surface area (Å²) in [4.78, 5) is 21.6. The Balaban J connectivity index is 1.72. The van der Waals surface area contributed by atoms with Gasteiger partial charge in [0.15, 0.2) is 5.82 Å². The molecule has 0 saturated heterocycles. The second kappa shape index (κ2) is 20.2. The lowest BCUT2D eigenvalue weighted by molar-refractivity contribution is -0.130. The first-order chi connectivity index (χ1) is 19.0. The molecule has 0 fully saturated rings. The molecule has 0 aliphatic rings. The molecule has 0 aliphatic carbocycles. The standard InChI is InChI=1S/C35H52N2O2/c1-5-7-9-11-12-13-14-15-16-18-20-31-27-36-34(37-28-31)32-23-25-33(26-24-32)39-35(38)30(4)22-21-29(3)19-17-10-8-6-2/h21-28H,5-20H2,1-4H3/b29-21+,30-22+. The van der Waals surface area contributed by atoms with Crippen molar-refractivity contribution in [1.82, 2.24) is 9.97 Å². The van der Waals surface area contributed by atoms with Crippen molar-refractivity contribution in [2.75, 3.05) is 0 Å². The maximum atomic E-state index is 12.5. The molecule has 0 atom stereocenters. The zero-order chi connectivity index (χ0) is 28.1. The summed E-state index contributed by atoms with van der Waals surface area (Å²) in [6.07, 6.45) is 28.3. The van der Waals surface area contributed by atoms with Crippen LogP contribution < -0.4 is 4.74 Å². The number of aryl methyl sites for hydroxylation is 1. The van der Waals surface area contributed by atoms with Crippen LogP contribution in [-0.2, 0) is 11.2 Å². The lowest BCUT2D eigenvalue weighted by atomic mass is 10.0. The molecule has 0 bridgehead atoms. The van der Waals surface area contributed by atoms with Crippen molar-refractivity contribution >= 4 is 5.97 Å². The van der Waals surface area contributed by atoms with Crippen molar-refractivity contribution in [1.29, 1.82) is 0 Å². The Labute approximate surface area is 238 Å². The summed E-state index contributed by atoms with van der Waals surface area (Å²) in [5.74, 6) is 0.884. The van der Waals surface area contributed by atoms with Gasteiger partial charge in [-0.15, -0.1) is 0 Å². The van der Waals surface area contributed by atoms with E-state index < -0.39 is 0 Å². The number of rotatable bonds is 20. The molecule has 2 rings (SSSR count). The zero-order valence-electron chi connectivity index (χ0n) is 25.1. The van der Waals surface area contributed by atoms with Crippen LogP contribution in [0, 0.1) is 0 Å². The fourth-order valence-corrected chi connectivity index (χ4v) is 4.56. The highest BCUT2D eigenvalue weighted by Crippen LogP contribution is 2.21. The number of allylic oxidation sites excluding steroid dienone is 3. The van der Waals surface area contributed by atoms with Crippen LogP contribution in [-0.4, -0.2) is 15.9 Å². The first-order valence-electron chi connectivity index (χ1n) is 15.5. The number of unbranched alkanes of at least 4 members (excludes halogenated alkanes) is 12. The predicted molar refractivity (Wildman–Crippen MR) is 165 cm³/mol. The van der Waals surface area contributed by atoms with Crippen LogP contribution in [0.5, 0.6) is 5.75 Å². The van der Waals surface area contributed by atoms with Crippen LogP contribution in [0.4, 0.5) is 0 Å². The van der Waals surface area contributed by atoms with Crippen molar-refractivity contribution in [2.24, 2.45) is 0 Å². The normalized spacial score (nSPS) is 12.1. The molecular weight excluding hydrogens is 480 g/mol. The number of esters is 1. The average molecular weight is 533 g/mol. The molecule has 1 aromatic carbocycles. The third-order valence-electron chi connectivity index (χ3n) is 7.21. The molecule has 1 aromatic heterocycles. The molecule has 214 valence electrons. The largest absolute Gasteiger partial charge is 0.423 e. The molecule has 0 spiro atoms. The van der Waals surface area contributed by atoms with E-state index in [9.17, 15) is 4.79 Å². The third-order valence-corrected chi connectivity index (χ3v) is 7.21. The van der Waals surface area contributed by atoms with Gasteiger partial charge in [-0.2, -0.15) is 0 Å². The van der Waals surface area contributed by atoms with Gasteiger partial charge in [0, 0.05) is 23.5 Å². The molecule has 0 saturated carbocycles. The molecule has 4 heteroatoms. The van der Waals surface area contributed by atoms with Gasteiger partial charge in [0.25, 0.3) is 0 Å². The van der Waals surface area contributed by atoms with Crippen LogP contribution >= 0.6 is 0 Å². The molecule has 0 N–H and O–H groups in total. The summed E-state index contributed by atoms with van der Waals surface area (Å²) in [7, 11) is 0. The Morgan fingerprint density at radius 2 is 1.26 bits per heavy atom. The highest BCUT2D eigenvalue weighted by molar-refractivity contribution is 5.89. The smallest absolute Gasteiger partial charge is 0.339 e. The number of nitrogens with zero attached hydrogens (tertiary/aromatic N) is 2. The Kier molecular flexibility index (Phi) is 16.8. The quantitative estimate of drug-likeness (QED) is 0.0559. The van der Waals surface area contributed by atoms with Crippen molar-refractivity contribution in [3.8, 4) is 17.1 Å². The summed E-state index contributed by atoms with van der Waals surface area (Å²) in [6.45, 7) is 8.40. The molecule has 1 heterocycles.